The lowest BCUT2D eigenvalue weighted by atomic mass is 10.3. The summed E-state index contributed by atoms with van der Waals surface area (Å²) >= 11 is 1.67. The van der Waals surface area contributed by atoms with Crippen LogP contribution in [0.4, 0.5) is 4.39 Å². The maximum Gasteiger partial charge on any atom is 0.191 e. The Morgan fingerprint density at radius 2 is 2.00 bits per heavy atom. The minimum Gasteiger partial charge on any atom is -0.489 e. The number of nitrogens with zero attached hydrogens (tertiary/aromatic N) is 1. The van der Waals surface area contributed by atoms with Crippen molar-refractivity contribution in [3.8, 4) is 5.75 Å². The van der Waals surface area contributed by atoms with Gasteiger partial charge in [0.05, 0.1) is 6.54 Å². The molecule has 1 heterocycles. The maximum absolute atomic E-state index is 12.8. The molecule has 1 aromatic heterocycles. The highest BCUT2D eigenvalue weighted by Gasteiger charge is 2.06. The van der Waals surface area contributed by atoms with Gasteiger partial charge in [0.2, 0.25) is 0 Å². The predicted octanol–water partition coefficient (Wildman–Crippen LogP) is 3.64. The Hall–Kier alpha value is -1.35. The van der Waals surface area contributed by atoms with Gasteiger partial charge >= 0.3 is 0 Å². The lowest BCUT2D eigenvalue weighted by Gasteiger charge is -2.17. The molecule has 2 rings (SSSR count). The fourth-order valence-corrected chi connectivity index (χ4v) is 2.50. The van der Waals surface area contributed by atoms with Gasteiger partial charge in [-0.15, -0.1) is 24.0 Å². The summed E-state index contributed by atoms with van der Waals surface area (Å²) < 4.78 is 18.5. The zero-order valence-corrected chi connectivity index (χ0v) is 16.2. The number of thiophene rings is 1. The third-order valence-electron chi connectivity index (χ3n) is 2.97. The van der Waals surface area contributed by atoms with Crippen molar-refractivity contribution in [3.05, 3.63) is 52.5 Å². The largest absolute Gasteiger partial charge is 0.489 e. The number of aliphatic imine (C=N–C) groups is 1. The van der Waals surface area contributed by atoms with Crippen molar-refractivity contribution < 1.29 is 9.13 Å². The molecule has 0 aliphatic rings. The van der Waals surface area contributed by atoms with Gasteiger partial charge in [-0.1, -0.05) is 0 Å². The van der Waals surface area contributed by atoms with Crippen molar-refractivity contribution in [2.75, 3.05) is 13.6 Å². The second-order valence-corrected chi connectivity index (χ2v) is 5.60. The van der Waals surface area contributed by atoms with Crippen molar-refractivity contribution in [3.63, 3.8) is 0 Å². The van der Waals surface area contributed by atoms with Crippen molar-refractivity contribution in [1.29, 1.82) is 0 Å². The number of hydrogen-bond donors (Lipinski definition) is 2. The molecule has 7 heteroatoms. The van der Waals surface area contributed by atoms with E-state index < -0.39 is 0 Å². The Balaban J connectivity index is 0.00000264. The monoisotopic (exact) mass is 449 g/mol. The first-order valence-electron chi connectivity index (χ1n) is 7.05. The van der Waals surface area contributed by atoms with Crippen LogP contribution in [0.5, 0.6) is 5.75 Å². The number of ether oxygens (including phenoxy) is 1. The molecule has 0 saturated carbocycles. The topological polar surface area (TPSA) is 45.7 Å². The van der Waals surface area contributed by atoms with Crippen LogP contribution in [0, 0.1) is 5.82 Å². The van der Waals surface area contributed by atoms with Crippen LogP contribution in [0.25, 0.3) is 0 Å². The van der Waals surface area contributed by atoms with Crippen LogP contribution in [-0.2, 0) is 6.54 Å². The van der Waals surface area contributed by atoms with Crippen LogP contribution >= 0.6 is 35.3 Å². The van der Waals surface area contributed by atoms with Crippen molar-refractivity contribution in [2.45, 2.75) is 19.6 Å². The standard InChI is InChI=1S/C16H20FN3OS.HI/c1-12(21-15-5-3-14(17)4-6-15)9-19-16(18-2)20-10-13-7-8-22-11-13;/h3-8,11-12H,9-10H2,1-2H3,(H2,18,19,20);1H. The van der Waals surface area contributed by atoms with Crippen molar-refractivity contribution in [1.82, 2.24) is 10.6 Å². The Kier molecular flexibility index (Phi) is 8.93. The van der Waals surface area contributed by atoms with E-state index >= 15 is 0 Å². The molecule has 4 nitrogen and oxygen atoms in total. The number of hydrogen-bond acceptors (Lipinski definition) is 3. The number of benzene rings is 1. The van der Waals surface area contributed by atoms with Gasteiger partial charge in [-0.2, -0.15) is 11.3 Å². The van der Waals surface area contributed by atoms with Gasteiger partial charge in [0.25, 0.3) is 0 Å². The molecule has 0 fully saturated rings. The molecule has 2 N–H and O–H groups in total. The molecule has 0 radical (unpaired) electrons. The van der Waals surface area contributed by atoms with Gasteiger partial charge < -0.3 is 15.4 Å². The number of nitrogens with one attached hydrogen (secondary N) is 2. The Bertz CT molecular complexity index is 590. The van der Waals surface area contributed by atoms with E-state index in [0.29, 0.717) is 12.3 Å². The molecule has 0 aliphatic carbocycles. The average Bonchev–Trinajstić information content (AvgIpc) is 3.03. The van der Waals surface area contributed by atoms with E-state index in [-0.39, 0.29) is 35.9 Å². The third kappa shape index (κ3) is 7.17. The molecule has 0 aliphatic heterocycles. The second-order valence-electron chi connectivity index (χ2n) is 4.82. The van der Waals surface area contributed by atoms with E-state index in [1.165, 1.54) is 17.7 Å². The predicted molar refractivity (Wildman–Crippen MR) is 104 cm³/mol. The highest BCUT2D eigenvalue weighted by Crippen LogP contribution is 2.12. The first kappa shape index (κ1) is 19.7. The molecule has 0 saturated heterocycles. The SMILES string of the molecule is CN=C(NCc1ccsc1)NCC(C)Oc1ccc(F)cc1.I. The first-order chi connectivity index (χ1) is 10.7. The minimum atomic E-state index is -0.267. The van der Waals surface area contributed by atoms with E-state index in [1.807, 2.05) is 12.3 Å². The fraction of sp³-hybridized carbons (Fsp3) is 0.312. The molecule has 0 spiro atoms. The quantitative estimate of drug-likeness (QED) is 0.402. The number of halogens is 2. The zero-order valence-electron chi connectivity index (χ0n) is 13.1. The van der Waals surface area contributed by atoms with Crippen LogP contribution in [0.1, 0.15) is 12.5 Å². The lowest BCUT2D eigenvalue weighted by Crippen LogP contribution is -2.41. The van der Waals surface area contributed by atoms with Gasteiger partial charge in [-0.05, 0) is 53.6 Å². The zero-order chi connectivity index (χ0) is 15.8. The van der Waals surface area contributed by atoms with Crippen LogP contribution in [-0.4, -0.2) is 25.7 Å². The molecule has 1 atom stereocenters. The molecule has 0 bridgehead atoms. The normalized spacial score (nSPS) is 12.2. The summed E-state index contributed by atoms with van der Waals surface area (Å²) in [6, 6.07) is 8.09. The highest BCUT2D eigenvalue weighted by atomic mass is 127. The van der Waals surface area contributed by atoms with Gasteiger partial charge in [-0.25, -0.2) is 4.39 Å². The van der Waals surface area contributed by atoms with E-state index in [2.05, 4.69) is 27.1 Å². The summed E-state index contributed by atoms with van der Waals surface area (Å²) in [4.78, 5) is 4.17. The van der Waals surface area contributed by atoms with Crippen LogP contribution in [0.3, 0.4) is 0 Å². The summed E-state index contributed by atoms with van der Waals surface area (Å²) in [7, 11) is 1.73. The van der Waals surface area contributed by atoms with E-state index in [1.54, 1.807) is 30.5 Å². The molecule has 1 unspecified atom stereocenters. The maximum atomic E-state index is 12.8. The Morgan fingerprint density at radius 1 is 1.26 bits per heavy atom. The fourth-order valence-electron chi connectivity index (χ4n) is 1.83. The van der Waals surface area contributed by atoms with Crippen LogP contribution < -0.4 is 15.4 Å². The van der Waals surface area contributed by atoms with Crippen LogP contribution in [0.2, 0.25) is 0 Å². The Labute approximate surface area is 157 Å². The minimum absolute atomic E-state index is 0. The smallest absolute Gasteiger partial charge is 0.191 e. The van der Waals surface area contributed by atoms with Crippen molar-refractivity contribution in [2.24, 2.45) is 4.99 Å². The summed E-state index contributed by atoms with van der Waals surface area (Å²) in [5, 5.41) is 10.6. The molecule has 2 aromatic rings. The summed E-state index contributed by atoms with van der Waals surface area (Å²) in [6.07, 6.45) is -0.0647. The van der Waals surface area contributed by atoms with Crippen LogP contribution in [0.15, 0.2) is 46.1 Å². The lowest BCUT2D eigenvalue weighted by molar-refractivity contribution is 0.223. The summed E-state index contributed by atoms with van der Waals surface area (Å²) in [5.41, 5.74) is 1.23. The van der Waals surface area contributed by atoms with E-state index in [9.17, 15) is 4.39 Å². The first-order valence-corrected chi connectivity index (χ1v) is 7.99. The molecule has 1 aromatic carbocycles. The summed E-state index contributed by atoms with van der Waals surface area (Å²) in [5.74, 6) is 1.11. The van der Waals surface area contributed by atoms with E-state index in [0.717, 1.165) is 12.5 Å². The van der Waals surface area contributed by atoms with Crippen molar-refractivity contribution >= 4 is 41.3 Å². The molecular formula is C16H21FIN3OS. The van der Waals surface area contributed by atoms with Gasteiger partial charge in [0.15, 0.2) is 5.96 Å². The van der Waals surface area contributed by atoms with Gasteiger partial charge in [0, 0.05) is 13.6 Å². The number of rotatable bonds is 6. The highest BCUT2D eigenvalue weighted by molar-refractivity contribution is 14.0. The Morgan fingerprint density at radius 3 is 2.61 bits per heavy atom. The summed E-state index contributed by atoms with van der Waals surface area (Å²) in [6.45, 7) is 3.28. The van der Waals surface area contributed by atoms with Gasteiger partial charge in [0.1, 0.15) is 17.7 Å². The average molecular weight is 449 g/mol. The third-order valence-corrected chi connectivity index (χ3v) is 3.70. The molecule has 23 heavy (non-hydrogen) atoms. The number of guanidine groups is 1. The van der Waals surface area contributed by atoms with Gasteiger partial charge in [-0.3, -0.25) is 4.99 Å². The molecule has 126 valence electrons. The molecule has 0 amide bonds. The second kappa shape index (κ2) is 10.4. The van der Waals surface area contributed by atoms with E-state index in [4.69, 9.17) is 4.74 Å². The molecular weight excluding hydrogens is 428 g/mol.